The molecule has 0 fully saturated rings. The number of benzene rings is 1. The van der Waals surface area contributed by atoms with Crippen molar-refractivity contribution in [2.75, 3.05) is 18.6 Å². The molecule has 1 aromatic heterocycles. The summed E-state index contributed by atoms with van der Waals surface area (Å²) in [7, 11) is 1.64. The Morgan fingerprint density at radius 1 is 1.25 bits per heavy atom. The van der Waals surface area contributed by atoms with Gasteiger partial charge in [0.1, 0.15) is 11.6 Å². The second-order valence-electron chi connectivity index (χ2n) is 3.52. The summed E-state index contributed by atoms with van der Waals surface area (Å²) >= 11 is 0. The Hall–Kier alpha value is -2.17. The number of ether oxygens (including phenoxy) is 1. The molecule has 5 heteroatoms. The Kier molecular flexibility index (Phi) is 2.68. The fourth-order valence-electron chi connectivity index (χ4n) is 1.48. The van der Waals surface area contributed by atoms with Gasteiger partial charge in [-0.25, -0.2) is 0 Å². The van der Waals surface area contributed by atoms with Crippen molar-refractivity contribution in [3.8, 4) is 5.75 Å². The summed E-state index contributed by atoms with van der Waals surface area (Å²) in [4.78, 5) is 0. The molecule has 5 nitrogen and oxygen atoms in total. The van der Waals surface area contributed by atoms with E-state index in [1.807, 2.05) is 24.3 Å². The number of nitrogens with zero attached hydrogens (tertiary/aromatic N) is 1. The first kappa shape index (κ1) is 10.4. The zero-order valence-corrected chi connectivity index (χ0v) is 9.03. The highest BCUT2D eigenvalue weighted by Gasteiger charge is 2.07. The van der Waals surface area contributed by atoms with E-state index in [2.05, 4.69) is 10.2 Å². The van der Waals surface area contributed by atoms with E-state index in [9.17, 15) is 0 Å². The van der Waals surface area contributed by atoms with E-state index < -0.39 is 0 Å². The fraction of sp³-hybridized carbons (Fsp3) is 0.182. The van der Waals surface area contributed by atoms with Crippen LogP contribution in [0.25, 0.3) is 0 Å². The van der Waals surface area contributed by atoms with Gasteiger partial charge >= 0.3 is 0 Å². The number of H-pyrrole nitrogens is 1. The van der Waals surface area contributed by atoms with Crippen LogP contribution in [-0.2, 0) is 6.42 Å². The predicted octanol–water partition coefficient (Wildman–Crippen LogP) is 1.17. The van der Waals surface area contributed by atoms with Crippen molar-refractivity contribution in [2.45, 2.75) is 6.42 Å². The molecule has 16 heavy (non-hydrogen) atoms. The standard InChI is InChI=1S/C11H14N4O/c1-16-8-4-2-7(3-5-8)6-9-10(12)11(13)15-14-9/h2-5H,6,12H2,1H3,(H3,13,14,15). The maximum Gasteiger partial charge on any atom is 0.142 e. The zero-order valence-electron chi connectivity index (χ0n) is 9.03. The Morgan fingerprint density at radius 2 is 1.94 bits per heavy atom. The number of methoxy groups -OCH3 is 1. The molecule has 0 radical (unpaired) electrons. The number of rotatable bonds is 3. The maximum absolute atomic E-state index is 5.76. The smallest absolute Gasteiger partial charge is 0.142 e. The summed E-state index contributed by atoms with van der Waals surface area (Å²) in [6, 6.07) is 7.76. The van der Waals surface area contributed by atoms with Crippen molar-refractivity contribution in [1.82, 2.24) is 10.2 Å². The summed E-state index contributed by atoms with van der Waals surface area (Å²) in [5.74, 6) is 1.25. The zero-order chi connectivity index (χ0) is 11.5. The molecule has 2 aromatic rings. The van der Waals surface area contributed by atoms with Gasteiger partial charge in [0.25, 0.3) is 0 Å². The first-order chi connectivity index (χ1) is 7.70. The van der Waals surface area contributed by atoms with E-state index in [1.165, 1.54) is 0 Å². The van der Waals surface area contributed by atoms with E-state index in [1.54, 1.807) is 7.11 Å². The minimum Gasteiger partial charge on any atom is -0.497 e. The maximum atomic E-state index is 5.76. The van der Waals surface area contributed by atoms with Gasteiger partial charge in [0.2, 0.25) is 0 Å². The van der Waals surface area contributed by atoms with E-state index in [-0.39, 0.29) is 0 Å². The van der Waals surface area contributed by atoms with Crippen LogP contribution in [0.4, 0.5) is 11.5 Å². The Bertz CT molecular complexity index is 475. The van der Waals surface area contributed by atoms with Gasteiger partial charge in [0.15, 0.2) is 0 Å². The largest absolute Gasteiger partial charge is 0.497 e. The Balaban J connectivity index is 2.17. The Labute approximate surface area is 93.4 Å². The lowest BCUT2D eigenvalue weighted by atomic mass is 10.1. The van der Waals surface area contributed by atoms with Crippen molar-refractivity contribution < 1.29 is 4.74 Å². The molecule has 1 aromatic carbocycles. The first-order valence-corrected chi connectivity index (χ1v) is 4.92. The summed E-state index contributed by atoms with van der Waals surface area (Å²) in [5, 5.41) is 6.70. The van der Waals surface area contributed by atoms with Crippen LogP contribution in [0.5, 0.6) is 5.75 Å². The number of aromatic amines is 1. The number of hydrogen-bond acceptors (Lipinski definition) is 4. The van der Waals surface area contributed by atoms with Gasteiger partial charge in [-0.05, 0) is 17.7 Å². The number of nitrogens with one attached hydrogen (secondary N) is 1. The van der Waals surface area contributed by atoms with Gasteiger partial charge in [0, 0.05) is 6.42 Å². The molecule has 2 rings (SSSR count). The summed E-state index contributed by atoms with van der Waals surface area (Å²) in [5.41, 5.74) is 13.7. The molecule has 0 unspecified atom stereocenters. The lowest BCUT2D eigenvalue weighted by Gasteiger charge is -2.02. The molecule has 0 atom stereocenters. The monoisotopic (exact) mass is 218 g/mol. The normalized spacial score (nSPS) is 10.3. The molecular formula is C11H14N4O. The Morgan fingerprint density at radius 3 is 2.44 bits per heavy atom. The van der Waals surface area contributed by atoms with Crippen LogP contribution >= 0.6 is 0 Å². The van der Waals surface area contributed by atoms with Crippen LogP contribution in [0.15, 0.2) is 24.3 Å². The van der Waals surface area contributed by atoms with E-state index in [0.29, 0.717) is 17.9 Å². The van der Waals surface area contributed by atoms with E-state index in [0.717, 1.165) is 17.0 Å². The van der Waals surface area contributed by atoms with Crippen molar-refractivity contribution in [3.05, 3.63) is 35.5 Å². The highest BCUT2D eigenvalue weighted by Crippen LogP contribution is 2.20. The van der Waals surface area contributed by atoms with Crippen LogP contribution in [0.3, 0.4) is 0 Å². The van der Waals surface area contributed by atoms with Gasteiger partial charge < -0.3 is 16.2 Å². The van der Waals surface area contributed by atoms with E-state index >= 15 is 0 Å². The molecule has 0 aliphatic rings. The number of nitrogens with two attached hydrogens (primary N) is 2. The highest BCUT2D eigenvalue weighted by atomic mass is 16.5. The lowest BCUT2D eigenvalue weighted by Crippen LogP contribution is -1.96. The van der Waals surface area contributed by atoms with Crippen molar-refractivity contribution in [2.24, 2.45) is 0 Å². The average Bonchev–Trinajstić information content (AvgIpc) is 2.62. The van der Waals surface area contributed by atoms with Crippen molar-refractivity contribution >= 4 is 11.5 Å². The number of aromatic nitrogens is 2. The van der Waals surface area contributed by atoms with Crippen LogP contribution in [-0.4, -0.2) is 17.3 Å². The highest BCUT2D eigenvalue weighted by molar-refractivity contribution is 5.61. The molecular weight excluding hydrogens is 204 g/mol. The molecule has 0 aliphatic heterocycles. The fourth-order valence-corrected chi connectivity index (χ4v) is 1.48. The van der Waals surface area contributed by atoms with Crippen molar-refractivity contribution in [1.29, 1.82) is 0 Å². The van der Waals surface area contributed by atoms with Crippen molar-refractivity contribution in [3.63, 3.8) is 0 Å². The third-order valence-electron chi connectivity index (χ3n) is 2.44. The molecule has 0 bridgehead atoms. The number of nitrogen functional groups attached to an aromatic ring is 2. The van der Waals surface area contributed by atoms with Crippen LogP contribution in [0.2, 0.25) is 0 Å². The molecule has 5 N–H and O–H groups in total. The quantitative estimate of drug-likeness (QED) is 0.721. The molecule has 0 aliphatic carbocycles. The average molecular weight is 218 g/mol. The van der Waals surface area contributed by atoms with Gasteiger partial charge in [0.05, 0.1) is 18.5 Å². The summed E-state index contributed by atoms with van der Waals surface area (Å²) < 4.78 is 5.08. The van der Waals surface area contributed by atoms with E-state index in [4.69, 9.17) is 16.2 Å². The SMILES string of the molecule is COc1ccc(Cc2n[nH]c(N)c2N)cc1. The molecule has 0 amide bonds. The van der Waals surface area contributed by atoms with Crippen LogP contribution in [0.1, 0.15) is 11.3 Å². The molecule has 0 saturated heterocycles. The van der Waals surface area contributed by atoms with Crippen LogP contribution in [0, 0.1) is 0 Å². The third-order valence-corrected chi connectivity index (χ3v) is 2.44. The minimum atomic E-state index is 0.420. The topological polar surface area (TPSA) is 89.9 Å². The van der Waals surface area contributed by atoms with Gasteiger partial charge in [-0.1, -0.05) is 12.1 Å². The lowest BCUT2D eigenvalue weighted by molar-refractivity contribution is 0.414. The number of anilines is 2. The molecule has 0 spiro atoms. The first-order valence-electron chi connectivity index (χ1n) is 4.92. The number of hydrogen-bond donors (Lipinski definition) is 3. The van der Waals surface area contributed by atoms with Gasteiger partial charge in [-0.15, -0.1) is 0 Å². The second kappa shape index (κ2) is 4.14. The van der Waals surface area contributed by atoms with Gasteiger partial charge in [-0.3, -0.25) is 5.10 Å². The molecule has 0 saturated carbocycles. The summed E-state index contributed by atoms with van der Waals surface area (Å²) in [6.07, 6.45) is 0.656. The second-order valence-corrected chi connectivity index (χ2v) is 3.52. The molecule has 84 valence electrons. The summed E-state index contributed by atoms with van der Waals surface area (Å²) in [6.45, 7) is 0. The minimum absolute atomic E-state index is 0.420. The third kappa shape index (κ3) is 1.93. The van der Waals surface area contributed by atoms with Gasteiger partial charge in [-0.2, -0.15) is 5.10 Å². The van der Waals surface area contributed by atoms with Crippen LogP contribution < -0.4 is 16.2 Å². The predicted molar refractivity (Wildman–Crippen MR) is 63.2 cm³/mol. The molecule has 1 heterocycles.